The highest BCUT2D eigenvalue weighted by Gasteiger charge is 2.11. The number of imidazole rings is 1. The third-order valence-electron chi connectivity index (χ3n) is 3.14. The lowest BCUT2D eigenvalue weighted by Crippen LogP contribution is -2.01. The van der Waals surface area contributed by atoms with Crippen molar-refractivity contribution in [1.29, 1.82) is 5.26 Å². The van der Waals surface area contributed by atoms with Crippen LogP contribution in [0.5, 0.6) is 0 Å². The fourth-order valence-electron chi connectivity index (χ4n) is 2.19. The molecule has 1 aromatic carbocycles. The van der Waals surface area contributed by atoms with E-state index in [1.165, 1.54) is 0 Å². The second kappa shape index (κ2) is 4.67. The van der Waals surface area contributed by atoms with E-state index in [1.54, 1.807) is 6.20 Å². The summed E-state index contributed by atoms with van der Waals surface area (Å²) < 4.78 is 1.81. The van der Waals surface area contributed by atoms with Gasteiger partial charge in [0, 0.05) is 6.20 Å². The summed E-state index contributed by atoms with van der Waals surface area (Å²) in [4.78, 5) is 8.74. The van der Waals surface area contributed by atoms with E-state index < -0.39 is 0 Å². The van der Waals surface area contributed by atoms with Crippen molar-refractivity contribution in [3.8, 4) is 11.8 Å². The van der Waals surface area contributed by atoms with Gasteiger partial charge < -0.3 is 5.73 Å². The highest BCUT2D eigenvalue weighted by Crippen LogP contribution is 2.22. The van der Waals surface area contributed by atoms with Crippen LogP contribution in [0.15, 0.2) is 36.5 Å². The van der Waals surface area contributed by atoms with Crippen molar-refractivity contribution in [2.45, 2.75) is 13.3 Å². The molecule has 2 aromatic heterocycles. The summed E-state index contributed by atoms with van der Waals surface area (Å²) in [7, 11) is 0. The molecule has 3 aromatic rings. The zero-order chi connectivity index (χ0) is 14.1. The number of nitrogens with two attached hydrogens (primary N) is 1. The van der Waals surface area contributed by atoms with Crippen LogP contribution in [0.3, 0.4) is 0 Å². The monoisotopic (exact) mass is 263 g/mol. The van der Waals surface area contributed by atoms with E-state index in [1.807, 2.05) is 41.8 Å². The van der Waals surface area contributed by atoms with E-state index in [0.29, 0.717) is 12.4 Å². The molecule has 0 atom stereocenters. The molecule has 0 radical (unpaired) electrons. The second-order valence-electron chi connectivity index (χ2n) is 4.66. The smallest absolute Gasteiger partial charge is 0.207 e. The van der Waals surface area contributed by atoms with Gasteiger partial charge in [0.05, 0.1) is 18.2 Å². The minimum Gasteiger partial charge on any atom is -0.369 e. The molecule has 0 aliphatic rings. The van der Waals surface area contributed by atoms with Crippen molar-refractivity contribution in [3.63, 3.8) is 0 Å². The molecule has 98 valence electrons. The van der Waals surface area contributed by atoms with Gasteiger partial charge in [-0.05, 0) is 36.2 Å². The standard InChI is InChI=1S/C15H13N5/c1-10-8-13-14(18-9-10)20(15(17)19-13)12-4-2-11(3-5-12)6-7-16/h2-5,8-9H,6H2,1H3,(H2,17,19). The van der Waals surface area contributed by atoms with Crippen LogP contribution in [0.25, 0.3) is 16.9 Å². The van der Waals surface area contributed by atoms with Gasteiger partial charge in [0.15, 0.2) is 5.65 Å². The Hall–Kier alpha value is -2.87. The highest BCUT2D eigenvalue weighted by atomic mass is 15.2. The van der Waals surface area contributed by atoms with E-state index in [4.69, 9.17) is 11.0 Å². The van der Waals surface area contributed by atoms with Gasteiger partial charge in [0.25, 0.3) is 0 Å². The highest BCUT2D eigenvalue weighted by molar-refractivity contribution is 5.77. The molecule has 3 rings (SSSR count). The lowest BCUT2D eigenvalue weighted by molar-refractivity contribution is 1.08. The lowest BCUT2D eigenvalue weighted by atomic mass is 10.1. The summed E-state index contributed by atoms with van der Waals surface area (Å²) in [6.07, 6.45) is 2.20. The maximum Gasteiger partial charge on any atom is 0.207 e. The first kappa shape index (κ1) is 12.2. The first-order valence-electron chi connectivity index (χ1n) is 6.26. The quantitative estimate of drug-likeness (QED) is 0.769. The molecule has 0 fully saturated rings. The van der Waals surface area contributed by atoms with Gasteiger partial charge in [0.1, 0.15) is 5.52 Å². The average molecular weight is 263 g/mol. The molecule has 0 aliphatic heterocycles. The third kappa shape index (κ3) is 1.97. The minimum atomic E-state index is 0.401. The SMILES string of the molecule is Cc1cnc2c(c1)nc(N)n2-c1ccc(CC#N)cc1. The number of aryl methyl sites for hydroxylation is 1. The molecule has 0 spiro atoms. The van der Waals surface area contributed by atoms with Crippen LogP contribution in [0.1, 0.15) is 11.1 Å². The van der Waals surface area contributed by atoms with Crippen molar-refractivity contribution < 1.29 is 0 Å². The number of aromatic nitrogens is 3. The topological polar surface area (TPSA) is 80.5 Å². The summed E-state index contributed by atoms with van der Waals surface area (Å²) in [5.41, 5.74) is 10.4. The molecule has 2 N–H and O–H groups in total. The zero-order valence-electron chi connectivity index (χ0n) is 11.0. The van der Waals surface area contributed by atoms with E-state index in [-0.39, 0.29) is 0 Å². The number of anilines is 1. The van der Waals surface area contributed by atoms with Crippen molar-refractivity contribution in [2.75, 3.05) is 5.73 Å². The van der Waals surface area contributed by atoms with Gasteiger partial charge in [0.2, 0.25) is 5.95 Å². The Morgan fingerprint density at radius 2 is 2.05 bits per heavy atom. The first-order chi connectivity index (χ1) is 9.69. The number of fused-ring (bicyclic) bond motifs is 1. The Labute approximate surface area is 116 Å². The summed E-state index contributed by atoms with van der Waals surface area (Å²) in [5, 5.41) is 8.69. The number of nitrogens with zero attached hydrogens (tertiary/aromatic N) is 4. The molecule has 0 amide bonds. The third-order valence-corrected chi connectivity index (χ3v) is 3.14. The predicted molar refractivity (Wildman–Crippen MR) is 77.3 cm³/mol. The van der Waals surface area contributed by atoms with Gasteiger partial charge in [-0.15, -0.1) is 0 Å². The molecule has 0 saturated heterocycles. The Kier molecular flexibility index (Phi) is 2.84. The Balaban J connectivity index is 2.14. The summed E-state index contributed by atoms with van der Waals surface area (Å²) in [6.45, 7) is 1.97. The number of hydrogen-bond acceptors (Lipinski definition) is 4. The first-order valence-corrected chi connectivity index (χ1v) is 6.26. The van der Waals surface area contributed by atoms with Crippen LogP contribution < -0.4 is 5.73 Å². The maximum absolute atomic E-state index is 8.69. The molecule has 0 unspecified atom stereocenters. The molecule has 0 saturated carbocycles. The van der Waals surface area contributed by atoms with Crippen molar-refractivity contribution in [2.24, 2.45) is 0 Å². The van der Waals surface area contributed by atoms with Crippen molar-refractivity contribution in [1.82, 2.24) is 14.5 Å². The number of pyridine rings is 1. The fraction of sp³-hybridized carbons (Fsp3) is 0.133. The molecule has 0 bridgehead atoms. The molecule has 5 nitrogen and oxygen atoms in total. The average Bonchev–Trinajstić information content (AvgIpc) is 2.75. The molecular weight excluding hydrogens is 250 g/mol. The van der Waals surface area contributed by atoms with Gasteiger partial charge in [-0.25, -0.2) is 9.97 Å². The number of nitrogen functional groups attached to an aromatic ring is 1. The normalized spacial score (nSPS) is 10.6. The van der Waals surface area contributed by atoms with Gasteiger partial charge in [-0.3, -0.25) is 4.57 Å². The van der Waals surface area contributed by atoms with E-state index in [9.17, 15) is 0 Å². The lowest BCUT2D eigenvalue weighted by Gasteiger charge is -2.06. The second-order valence-corrected chi connectivity index (χ2v) is 4.66. The zero-order valence-corrected chi connectivity index (χ0v) is 11.0. The van der Waals surface area contributed by atoms with Crippen molar-refractivity contribution >= 4 is 17.1 Å². The van der Waals surface area contributed by atoms with Crippen LogP contribution in [0.2, 0.25) is 0 Å². The van der Waals surface area contributed by atoms with Crippen LogP contribution in [-0.4, -0.2) is 14.5 Å². The largest absolute Gasteiger partial charge is 0.369 e. The predicted octanol–water partition coefficient (Wildman–Crippen LogP) is 2.38. The number of nitriles is 1. The van der Waals surface area contributed by atoms with Crippen LogP contribution >= 0.6 is 0 Å². The molecule has 5 heteroatoms. The van der Waals surface area contributed by atoms with Gasteiger partial charge >= 0.3 is 0 Å². The Morgan fingerprint density at radius 3 is 2.75 bits per heavy atom. The minimum absolute atomic E-state index is 0.401. The van der Waals surface area contributed by atoms with Crippen molar-refractivity contribution in [3.05, 3.63) is 47.7 Å². The Morgan fingerprint density at radius 1 is 1.30 bits per heavy atom. The van der Waals surface area contributed by atoms with E-state index in [2.05, 4.69) is 16.0 Å². The number of hydrogen-bond donors (Lipinski definition) is 1. The molecular formula is C15H13N5. The molecule has 0 aliphatic carbocycles. The van der Waals surface area contributed by atoms with E-state index >= 15 is 0 Å². The fourth-order valence-corrected chi connectivity index (χ4v) is 2.19. The Bertz CT molecular complexity index is 809. The summed E-state index contributed by atoms with van der Waals surface area (Å²) >= 11 is 0. The summed E-state index contributed by atoms with van der Waals surface area (Å²) in [5.74, 6) is 0.408. The summed E-state index contributed by atoms with van der Waals surface area (Å²) in [6, 6.07) is 11.8. The maximum atomic E-state index is 8.69. The number of rotatable bonds is 2. The number of benzene rings is 1. The van der Waals surface area contributed by atoms with Crippen LogP contribution in [0, 0.1) is 18.3 Å². The molecule has 20 heavy (non-hydrogen) atoms. The van der Waals surface area contributed by atoms with Crippen LogP contribution in [0.4, 0.5) is 5.95 Å². The van der Waals surface area contributed by atoms with Crippen LogP contribution in [-0.2, 0) is 6.42 Å². The van der Waals surface area contributed by atoms with Gasteiger partial charge in [-0.1, -0.05) is 12.1 Å². The van der Waals surface area contributed by atoms with Gasteiger partial charge in [-0.2, -0.15) is 5.26 Å². The molecule has 2 heterocycles. The van der Waals surface area contributed by atoms with E-state index in [0.717, 1.165) is 28.0 Å².